The number of nitrogen functional groups attached to an aromatic ring is 1. The summed E-state index contributed by atoms with van der Waals surface area (Å²) in [5.74, 6) is -1.18. The molecule has 0 saturated carbocycles. The van der Waals surface area contributed by atoms with Crippen molar-refractivity contribution in [3.63, 3.8) is 0 Å². The maximum Gasteiger partial charge on any atom is 0.325 e. The lowest BCUT2D eigenvalue weighted by molar-refractivity contribution is 0.262. The van der Waals surface area contributed by atoms with Crippen LogP contribution in [-0.2, 0) is 0 Å². The van der Waals surface area contributed by atoms with Crippen LogP contribution >= 0.6 is 0 Å². The number of nitrogens with one attached hydrogen (secondary N) is 3. The number of aromatic nitrogens is 4. The molecule has 2 aromatic heterocycles. The minimum absolute atomic E-state index is 0.179. The summed E-state index contributed by atoms with van der Waals surface area (Å²) >= 11 is 0. The van der Waals surface area contributed by atoms with E-state index < -0.39 is 23.4 Å². The molecule has 3 heterocycles. The topological polar surface area (TPSA) is 125 Å². The molecule has 1 aliphatic rings. The quantitative estimate of drug-likeness (QED) is 0.522. The van der Waals surface area contributed by atoms with Gasteiger partial charge >= 0.3 is 6.03 Å². The van der Waals surface area contributed by atoms with Crippen LogP contribution in [-0.4, -0.2) is 39.3 Å². The number of amides is 2. The summed E-state index contributed by atoms with van der Waals surface area (Å²) < 4.78 is 27.8. The fraction of sp³-hybridized carbons (Fsp3) is 0.250. The van der Waals surface area contributed by atoms with Crippen molar-refractivity contribution in [3.8, 4) is 0 Å². The molecule has 0 aliphatic carbocycles. The van der Waals surface area contributed by atoms with Crippen LogP contribution in [0.3, 0.4) is 0 Å². The van der Waals surface area contributed by atoms with E-state index in [1.165, 1.54) is 6.33 Å². The van der Waals surface area contributed by atoms with Crippen molar-refractivity contribution in [2.45, 2.75) is 12.8 Å². The fourth-order valence-corrected chi connectivity index (χ4v) is 3.03. The van der Waals surface area contributed by atoms with E-state index in [0.717, 1.165) is 38.1 Å². The van der Waals surface area contributed by atoms with E-state index in [9.17, 15) is 13.6 Å². The van der Waals surface area contributed by atoms with Gasteiger partial charge in [0, 0.05) is 13.1 Å². The van der Waals surface area contributed by atoms with Crippen LogP contribution < -0.4 is 21.3 Å². The molecule has 1 aliphatic heterocycles. The maximum atomic E-state index is 14.0. The molecule has 1 fully saturated rings. The van der Waals surface area contributed by atoms with Gasteiger partial charge in [0.05, 0.1) is 5.69 Å². The van der Waals surface area contributed by atoms with Crippen LogP contribution in [0.2, 0.25) is 0 Å². The first-order valence-corrected chi connectivity index (χ1v) is 8.30. The number of hydrogen-bond donors (Lipinski definition) is 4. The van der Waals surface area contributed by atoms with Gasteiger partial charge in [0.25, 0.3) is 0 Å². The lowest BCUT2D eigenvalue weighted by Crippen LogP contribution is -2.23. The first kappa shape index (κ1) is 16.9. The molecule has 3 aromatic rings. The molecule has 1 aromatic carbocycles. The standard InChI is InChI=1S/C16H16F2N8O/c17-8-3-4-9(19)11(18)12(8)22-16(27)23-13-10-14(21-7-20-13)24-25-15(10)26-5-1-2-6-26/h3-4,7H,1-2,5-6,19H2,(H3,20,21,22,23,24,25,27). The smallest absolute Gasteiger partial charge is 0.325 e. The zero-order valence-electron chi connectivity index (χ0n) is 14.1. The molecule has 140 valence electrons. The van der Waals surface area contributed by atoms with Crippen LogP contribution in [0.15, 0.2) is 18.5 Å². The van der Waals surface area contributed by atoms with Crippen LogP contribution in [0.4, 0.5) is 36.6 Å². The Labute approximate surface area is 152 Å². The van der Waals surface area contributed by atoms with Gasteiger partial charge < -0.3 is 16.0 Å². The largest absolute Gasteiger partial charge is 0.396 e. The normalized spacial score (nSPS) is 13.9. The first-order valence-electron chi connectivity index (χ1n) is 8.30. The molecule has 0 atom stereocenters. The number of rotatable bonds is 3. The third-order valence-corrected chi connectivity index (χ3v) is 4.34. The van der Waals surface area contributed by atoms with Gasteiger partial charge in [-0.05, 0) is 25.0 Å². The Kier molecular flexibility index (Phi) is 4.18. The number of fused-ring (bicyclic) bond motifs is 1. The van der Waals surface area contributed by atoms with Crippen LogP contribution in [0.25, 0.3) is 11.0 Å². The molecule has 9 nitrogen and oxygen atoms in total. The second kappa shape index (κ2) is 6.67. The Hall–Kier alpha value is -3.50. The Bertz CT molecular complexity index is 1020. The molecule has 27 heavy (non-hydrogen) atoms. The summed E-state index contributed by atoms with van der Waals surface area (Å²) in [4.78, 5) is 22.5. The molecule has 0 unspecified atom stereocenters. The van der Waals surface area contributed by atoms with Gasteiger partial charge in [0.15, 0.2) is 23.1 Å². The van der Waals surface area contributed by atoms with Crippen molar-refractivity contribution in [1.29, 1.82) is 0 Å². The molecule has 1 saturated heterocycles. The molecule has 0 spiro atoms. The second-order valence-electron chi connectivity index (χ2n) is 6.09. The number of aromatic amines is 1. The van der Waals surface area contributed by atoms with E-state index in [4.69, 9.17) is 5.73 Å². The highest BCUT2D eigenvalue weighted by Crippen LogP contribution is 2.30. The number of H-pyrrole nitrogens is 1. The Morgan fingerprint density at radius 1 is 1.19 bits per heavy atom. The average Bonchev–Trinajstić information content (AvgIpc) is 3.31. The highest BCUT2D eigenvalue weighted by molar-refractivity contribution is 6.06. The van der Waals surface area contributed by atoms with Crippen molar-refractivity contribution in [3.05, 3.63) is 30.1 Å². The first-order chi connectivity index (χ1) is 13.0. The van der Waals surface area contributed by atoms with E-state index in [1.807, 2.05) is 0 Å². The molecular weight excluding hydrogens is 358 g/mol. The zero-order valence-corrected chi connectivity index (χ0v) is 14.1. The Morgan fingerprint density at radius 2 is 1.96 bits per heavy atom. The average molecular weight is 374 g/mol. The number of anilines is 4. The van der Waals surface area contributed by atoms with Crippen molar-refractivity contribution in [1.82, 2.24) is 20.2 Å². The SMILES string of the molecule is Nc1ccc(F)c(NC(=O)Nc2ncnc3[nH]nc(N4CCCC4)c23)c1F. The van der Waals surface area contributed by atoms with Crippen molar-refractivity contribution in [2.24, 2.45) is 0 Å². The Balaban J connectivity index is 1.63. The Morgan fingerprint density at radius 3 is 2.74 bits per heavy atom. The predicted octanol–water partition coefficient (Wildman–Crippen LogP) is 2.46. The summed E-state index contributed by atoms with van der Waals surface area (Å²) in [5.41, 5.74) is 4.95. The van der Waals surface area contributed by atoms with Crippen molar-refractivity contribution in [2.75, 3.05) is 34.4 Å². The van der Waals surface area contributed by atoms with Gasteiger partial charge in [-0.25, -0.2) is 23.5 Å². The van der Waals surface area contributed by atoms with E-state index in [1.54, 1.807) is 0 Å². The molecular formula is C16H16F2N8O. The number of urea groups is 1. The molecule has 5 N–H and O–H groups in total. The van der Waals surface area contributed by atoms with Gasteiger partial charge in [-0.1, -0.05) is 0 Å². The predicted molar refractivity (Wildman–Crippen MR) is 96.5 cm³/mol. The molecule has 0 radical (unpaired) electrons. The molecule has 11 heteroatoms. The molecule has 0 bridgehead atoms. The molecule has 4 rings (SSSR count). The number of carbonyl (C=O) groups excluding carboxylic acids is 1. The van der Waals surface area contributed by atoms with Crippen molar-refractivity contribution < 1.29 is 13.6 Å². The number of carbonyl (C=O) groups is 1. The van der Waals surface area contributed by atoms with E-state index >= 15 is 0 Å². The third-order valence-electron chi connectivity index (χ3n) is 4.34. The second-order valence-corrected chi connectivity index (χ2v) is 6.09. The summed E-state index contributed by atoms with van der Waals surface area (Å²) in [6, 6.07) is 1.18. The minimum Gasteiger partial charge on any atom is -0.396 e. The third kappa shape index (κ3) is 3.07. The van der Waals surface area contributed by atoms with Gasteiger partial charge in [-0.3, -0.25) is 10.4 Å². The summed E-state index contributed by atoms with van der Waals surface area (Å²) in [6.07, 6.45) is 3.34. The summed E-state index contributed by atoms with van der Waals surface area (Å²) in [6.45, 7) is 1.67. The van der Waals surface area contributed by atoms with Crippen LogP contribution in [0.1, 0.15) is 12.8 Å². The fourth-order valence-electron chi connectivity index (χ4n) is 3.03. The maximum absolute atomic E-state index is 14.0. The number of benzene rings is 1. The highest BCUT2D eigenvalue weighted by atomic mass is 19.1. The zero-order chi connectivity index (χ0) is 19.0. The van der Waals surface area contributed by atoms with Crippen LogP contribution in [0.5, 0.6) is 0 Å². The summed E-state index contributed by atoms with van der Waals surface area (Å²) in [7, 11) is 0. The van der Waals surface area contributed by atoms with E-state index in [-0.39, 0.29) is 11.5 Å². The van der Waals surface area contributed by atoms with Crippen LogP contribution in [0, 0.1) is 11.6 Å². The number of nitrogens with two attached hydrogens (primary N) is 1. The van der Waals surface area contributed by atoms with E-state index in [0.29, 0.717) is 16.9 Å². The number of nitrogens with zero attached hydrogens (tertiary/aromatic N) is 4. The van der Waals surface area contributed by atoms with E-state index in [2.05, 4.69) is 35.7 Å². The minimum atomic E-state index is -1.04. The number of halogens is 2. The van der Waals surface area contributed by atoms with Crippen molar-refractivity contribution >= 4 is 40.1 Å². The lowest BCUT2D eigenvalue weighted by atomic mass is 10.2. The summed E-state index contributed by atoms with van der Waals surface area (Å²) in [5, 5.41) is 12.2. The highest BCUT2D eigenvalue weighted by Gasteiger charge is 2.22. The number of hydrogen-bond acceptors (Lipinski definition) is 6. The molecule has 2 amide bonds. The monoisotopic (exact) mass is 374 g/mol. The van der Waals surface area contributed by atoms with Gasteiger partial charge in [-0.2, -0.15) is 5.10 Å². The van der Waals surface area contributed by atoms with Gasteiger partial charge in [0.2, 0.25) is 0 Å². The lowest BCUT2D eigenvalue weighted by Gasteiger charge is -2.15. The van der Waals surface area contributed by atoms with Gasteiger partial charge in [-0.15, -0.1) is 0 Å². The van der Waals surface area contributed by atoms with Gasteiger partial charge in [0.1, 0.15) is 23.2 Å².